The van der Waals surface area contributed by atoms with Crippen molar-refractivity contribution in [3.8, 4) is 0 Å². The lowest BCUT2D eigenvalue weighted by atomic mass is 8.30. The zero-order chi connectivity index (χ0) is 26.4. The molecule has 0 atom stereocenters. The maximum Gasteiger partial charge on any atom is -0.0000000000000853 e. The topological polar surface area (TPSA) is 0 Å². The van der Waals surface area contributed by atoms with E-state index in [4.69, 9.17) is 132 Å². The van der Waals surface area contributed by atoms with Crippen LogP contribution >= 0.6 is 0 Å². The summed E-state index contributed by atoms with van der Waals surface area (Å²) in [5, 5.41) is 0. The van der Waals surface area contributed by atoms with E-state index in [2.05, 4.69) is 0 Å². The van der Waals surface area contributed by atoms with Crippen LogP contribution in [0.3, 0.4) is 0 Å². The lowest BCUT2D eigenvalue weighted by Crippen LogP contribution is -2.89. The monoisotopic (exact) mass is 363 g/mol. The first-order chi connectivity index (χ1) is 15.0. The number of rotatable bonds is 15. The van der Waals surface area contributed by atoms with E-state index in [1.54, 1.807) is 0 Å². The van der Waals surface area contributed by atoms with Crippen LogP contribution in [0.4, 0.5) is 0 Å². The van der Waals surface area contributed by atoms with Gasteiger partial charge in [-0.2, -0.15) is 0 Å². The Morgan fingerprint density at radius 1 is 0.303 bits per heavy atom. The van der Waals surface area contributed by atoms with Crippen LogP contribution in [0.15, 0.2) is 0 Å². The van der Waals surface area contributed by atoms with Crippen LogP contribution in [-0.2, 0) is 0 Å². The molecule has 36 radical (unpaired) electrons. The molecule has 0 amide bonds. The van der Waals surface area contributed by atoms with Gasteiger partial charge in [-0.25, -0.2) is 0 Å². The van der Waals surface area contributed by atoms with Gasteiger partial charge in [0.25, 0.3) is 0 Å². The van der Waals surface area contributed by atoms with Crippen molar-refractivity contribution in [2.75, 3.05) is 0 Å². The van der Waals surface area contributed by atoms with Gasteiger partial charge in [-0.3, -0.25) is 7.06 Å². The summed E-state index contributed by atoms with van der Waals surface area (Å²) >= 11 is 0. The minimum absolute atomic E-state index is 0.787. The van der Waals surface area contributed by atoms with Crippen molar-refractivity contribution in [1.29, 1.82) is 0 Å². The SMILES string of the molecule is [B]B([B])B([B][B-])B(B([B])[B])B(B(B([B])[B])B([B])[B])B(B(B([B])[B])B([B])[B])B(B([B])[B])B([B])[B]. The molecule has 0 unspecified atom stereocenters. The third-order valence-corrected chi connectivity index (χ3v) is 6.44. The van der Waals surface area contributed by atoms with E-state index in [0.29, 0.717) is 0 Å². The van der Waals surface area contributed by atoms with Crippen LogP contribution in [0.1, 0.15) is 0 Å². The highest BCUT2D eigenvalue weighted by atomic mass is 13.3. The van der Waals surface area contributed by atoms with Gasteiger partial charge in [0.05, 0.1) is 0 Å². The molecule has 0 aliphatic heterocycles. The van der Waals surface area contributed by atoms with Crippen molar-refractivity contribution in [3.63, 3.8) is 0 Å². The van der Waals surface area contributed by atoms with E-state index in [1.807, 2.05) is 0 Å². The van der Waals surface area contributed by atoms with Gasteiger partial charge in [0.1, 0.15) is 0 Å². The third-order valence-electron chi connectivity index (χ3n) is 6.44. The summed E-state index contributed by atoms with van der Waals surface area (Å²) in [5.74, 6) is 0. The summed E-state index contributed by atoms with van der Waals surface area (Å²) in [7, 11) is 105. The highest BCUT2D eigenvalue weighted by molar-refractivity contribution is 8.29. The average Bonchev–Trinajstić information content (AvgIpc) is 2.61. The zero-order valence-corrected chi connectivity index (χ0v) is 19.1. The van der Waals surface area contributed by atoms with Crippen LogP contribution in [0.5, 0.6) is 0 Å². The Labute approximate surface area is 233 Å². The van der Waals surface area contributed by atoms with E-state index in [-0.39, 0.29) is 0 Å². The minimum Gasteiger partial charge on any atom is -0.690 e. The van der Waals surface area contributed by atoms with E-state index >= 15 is 0 Å². The summed E-state index contributed by atoms with van der Waals surface area (Å²) in [6.07, 6.45) is -14.8. The number of hydrogen-bond acceptors (Lipinski definition) is 0. The fourth-order valence-electron chi connectivity index (χ4n) is 5.13. The Morgan fingerprint density at radius 2 is 0.515 bits per heavy atom. The highest BCUT2D eigenvalue weighted by Gasteiger charge is 2.53. The van der Waals surface area contributed by atoms with Crippen molar-refractivity contribution < 1.29 is 0 Å². The zero-order valence-electron chi connectivity index (χ0n) is 19.1. The van der Waals surface area contributed by atoms with Gasteiger partial charge in [0, 0.05) is 0 Å². The molecule has 33 heavy (non-hydrogen) atoms. The second-order valence-electron chi connectivity index (χ2n) is 8.85. The first-order valence-corrected chi connectivity index (χ1v) is 10.7. The van der Waals surface area contributed by atoms with Gasteiger partial charge < -0.3 is 7.74 Å². The van der Waals surface area contributed by atoms with Crippen molar-refractivity contribution >= 4 is 234 Å². The van der Waals surface area contributed by atoms with Gasteiger partial charge in [0.15, 0.2) is 0 Å². The molecular formula is B33-. The Balaban J connectivity index is 7.45. The van der Waals surface area contributed by atoms with Gasteiger partial charge in [-0.1, -0.05) is 0 Å². The normalized spacial score (nSPS) is 9.48. The van der Waals surface area contributed by atoms with Gasteiger partial charge in [0.2, 0.25) is 0 Å². The van der Waals surface area contributed by atoms with Gasteiger partial charge in [-0.15, -0.1) is 0 Å². The Morgan fingerprint density at radius 3 is 0.667 bits per heavy atom. The van der Waals surface area contributed by atoms with Crippen molar-refractivity contribution in [2.45, 2.75) is 0 Å². The van der Waals surface area contributed by atoms with Crippen molar-refractivity contribution in [1.82, 2.24) is 0 Å². The molecule has 0 heterocycles. The summed E-state index contributed by atoms with van der Waals surface area (Å²) in [4.78, 5) is 0. The average molecular weight is 357 g/mol. The second kappa shape index (κ2) is 16.2. The Bertz CT molecular complexity index is 448. The van der Waals surface area contributed by atoms with E-state index in [0.717, 1.165) is 0 Å². The molecule has 0 rings (SSSR count). The molecule has 0 aliphatic rings. The lowest BCUT2D eigenvalue weighted by Gasteiger charge is -2.52. The fraction of sp³-hybridized carbons (Fsp3) is 0. The minimum atomic E-state index is -1.10. The van der Waals surface area contributed by atoms with Crippen LogP contribution in [0.25, 0.3) is 0 Å². The molecule has 33 heteroatoms. The smallest absolute Gasteiger partial charge is 0.0000000000000853 e. The van der Waals surface area contributed by atoms with Gasteiger partial charge in [-0.05, 0) is 220 Å². The molecular weight excluding hydrogens is 357 g/mol. The molecule has 0 nitrogen and oxygen atoms in total. The van der Waals surface area contributed by atoms with Crippen LogP contribution < -0.4 is 0 Å². The van der Waals surface area contributed by atoms with Crippen LogP contribution in [0.2, 0.25) is 0 Å². The first kappa shape index (κ1) is 35.1. The van der Waals surface area contributed by atoms with Crippen molar-refractivity contribution in [2.24, 2.45) is 0 Å². The maximum absolute atomic E-state index is 6.21. The van der Waals surface area contributed by atoms with Crippen LogP contribution in [-0.4, -0.2) is 234 Å². The molecule has 0 aromatic rings. The molecule has 0 aromatic heterocycles. The lowest BCUT2D eigenvalue weighted by molar-refractivity contribution is 3.24. The summed E-state index contributed by atoms with van der Waals surface area (Å²) in [6.45, 7) is 0. The molecule has 100 valence electrons. The molecule has 0 aliphatic carbocycles. The van der Waals surface area contributed by atoms with E-state index in [9.17, 15) is 0 Å². The molecule has 0 aromatic carbocycles. The summed E-state index contributed by atoms with van der Waals surface area (Å²) in [5.41, 5.74) is 0. The molecule has 0 spiro atoms. The van der Waals surface area contributed by atoms with Crippen LogP contribution in [0, 0.1) is 0 Å². The largest absolute Gasteiger partial charge is 0.690 e. The predicted octanol–water partition coefficient (Wildman–Crippen LogP) is -12.6. The summed E-state index contributed by atoms with van der Waals surface area (Å²) < 4.78 is 0. The van der Waals surface area contributed by atoms with Crippen molar-refractivity contribution in [3.05, 3.63) is 0 Å². The maximum atomic E-state index is 6.21. The highest BCUT2D eigenvalue weighted by Crippen LogP contribution is 2.15. The number of hydrogen-bond donors (Lipinski definition) is 0. The third kappa shape index (κ3) is 9.75. The van der Waals surface area contributed by atoms with E-state index < -0.39 is 95.8 Å². The molecule has 0 bridgehead atoms. The Hall–Kier alpha value is 2.14. The Kier molecular flexibility index (Phi) is 17.2. The van der Waals surface area contributed by atoms with E-state index in [1.165, 1.54) is 7.06 Å². The predicted molar refractivity (Wildman–Crippen MR) is 190 cm³/mol. The quantitative estimate of drug-likeness (QED) is 0.256. The standard InChI is InChI=1S/B33/c1-18-27(19(2)3)31(26(16)17)33(30(24(12)13)25(14)15)32(28(20(4)5)21(6)7)29(22(8)9)23(10)11/q-1. The molecule has 0 fully saturated rings. The summed E-state index contributed by atoms with van der Waals surface area (Å²) in [6, 6.07) is 0. The molecule has 0 N–H and O–H groups in total. The fourth-order valence-corrected chi connectivity index (χ4v) is 5.13. The van der Waals surface area contributed by atoms with Gasteiger partial charge >= 0.3 is 0 Å². The second-order valence-corrected chi connectivity index (χ2v) is 8.85. The first-order valence-electron chi connectivity index (χ1n) is 10.7. The molecule has 0 saturated carbocycles. The molecule has 0 saturated heterocycles.